The average Bonchev–Trinajstić information content (AvgIpc) is 3.15. The molecule has 1 aliphatic carbocycles. The number of benzene rings is 2. The number of carbonyl (C=O) groups excluding carboxylic acids is 1. The summed E-state index contributed by atoms with van der Waals surface area (Å²) in [6.07, 6.45) is 3.21. The molecule has 7 nitrogen and oxygen atoms in total. The molecular formula is C23H28BrN3O4S. The van der Waals surface area contributed by atoms with E-state index in [0.29, 0.717) is 34.9 Å². The average molecular weight is 522 g/mol. The number of nitrogens with zero attached hydrogens (tertiary/aromatic N) is 2. The highest BCUT2D eigenvalue weighted by molar-refractivity contribution is 9.10. The molecule has 2 aromatic carbocycles. The Balaban J connectivity index is 1.72. The van der Waals surface area contributed by atoms with Gasteiger partial charge in [-0.05, 0) is 91.1 Å². The van der Waals surface area contributed by atoms with Crippen molar-refractivity contribution in [1.82, 2.24) is 4.90 Å². The first-order valence-electron chi connectivity index (χ1n) is 10.6. The quantitative estimate of drug-likeness (QED) is 0.650. The Kier molecular flexibility index (Phi) is 6.26. The summed E-state index contributed by atoms with van der Waals surface area (Å²) in [5.41, 5.74) is 4.23. The molecule has 1 aliphatic heterocycles. The Bertz CT molecular complexity index is 1180. The largest absolute Gasteiger partial charge is 0.496 e. The fourth-order valence-electron chi connectivity index (χ4n) is 4.68. The number of sulfonamides is 1. The van der Waals surface area contributed by atoms with Crippen molar-refractivity contribution in [2.45, 2.75) is 43.5 Å². The highest BCUT2D eigenvalue weighted by Gasteiger charge is 2.30. The monoisotopic (exact) mass is 521 g/mol. The van der Waals surface area contributed by atoms with Gasteiger partial charge >= 0.3 is 0 Å². The van der Waals surface area contributed by atoms with Crippen LogP contribution in [0.1, 0.15) is 30.0 Å². The van der Waals surface area contributed by atoms with E-state index >= 15 is 0 Å². The number of fused-ring (bicyclic) bond motifs is 2. The van der Waals surface area contributed by atoms with E-state index < -0.39 is 10.0 Å². The first kappa shape index (κ1) is 23.1. The number of carbonyl (C=O) groups is 1. The third-order valence-corrected chi connectivity index (χ3v) is 8.77. The Morgan fingerprint density at radius 3 is 2.62 bits per heavy atom. The van der Waals surface area contributed by atoms with Crippen LogP contribution in [0.15, 0.2) is 33.6 Å². The van der Waals surface area contributed by atoms with Crippen LogP contribution in [0.5, 0.6) is 5.75 Å². The van der Waals surface area contributed by atoms with E-state index in [1.54, 1.807) is 30.2 Å². The second-order valence-electron chi connectivity index (χ2n) is 8.57. The van der Waals surface area contributed by atoms with Gasteiger partial charge in [-0.15, -0.1) is 0 Å². The lowest BCUT2D eigenvalue weighted by molar-refractivity contribution is -0.116. The zero-order valence-corrected chi connectivity index (χ0v) is 21.1. The van der Waals surface area contributed by atoms with E-state index in [1.165, 1.54) is 6.92 Å². The van der Waals surface area contributed by atoms with Gasteiger partial charge in [-0.2, -0.15) is 0 Å². The van der Waals surface area contributed by atoms with Crippen LogP contribution in [0.25, 0.3) is 0 Å². The van der Waals surface area contributed by atoms with Crippen LogP contribution in [0.3, 0.4) is 0 Å². The molecule has 9 heteroatoms. The zero-order valence-electron chi connectivity index (χ0n) is 18.7. The molecule has 0 unspecified atom stereocenters. The van der Waals surface area contributed by atoms with Crippen molar-refractivity contribution < 1.29 is 17.9 Å². The fourth-order valence-corrected chi connectivity index (χ4v) is 6.88. The van der Waals surface area contributed by atoms with E-state index in [4.69, 9.17) is 4.74 Å². The zero-order chi connectivity index (χ0) is 23.2. The number of hydrogen-bond donors (Lipinski definition) is 1. The Morgan fingerprint density at radius 2 is 1.97 bits per heavy atom. The van der Waals surface area contributed by atoms with Crippen molar-refractivity contribution in [2.75, 3.05) is 37.4 Å². The molecule has 0 aromatic heterocycles. The van der Waals surface area contributed by atoms with Crippen molar-refractivity contribution in [1.29, 1.82) is 0 Å². The van der Waals surface area contributed by atoms with Crippen LogP contribution in [-0.4, -0.2) is 53.0 Å². The smallest absolute Gasteiger partial charge is 0.263 e. The maximum Gasteiger partial charge on any atom is 0.263 e. The molecule has 0 saturated heterocycles. The van der Waals surface area contributed by atoms with Crippen LogP contribution < -0.4 is 14.4 Å². The van der Waals surface area contributed by atoms with E-state index in [0.717, 1.165) is 41.7 Å². The fraction of sp³-hybridized carbons (Fsp3) is 0.435. The van der Waals surface area contributed by atoms with Gasteiger partial charge in [0.15, 0.2) is 0 Å². The van der Waals surface area contributed by atoms with Gasteiger partial charge in [0.2, 0.25) is 5.91 Å². The predicted octanol–water partition coefficient (Wildman–Crippen LogP) is 3.59. The highest BCUT2D eigenvalue weighted by atomic mass is 79.9. The Hall–Kier alpha value is -2.10. The summed E-state index contributed by atoms with van der Waals surface area (Å²) < 4.78 is 35.7. The molecule has 4 rings (SSSR count). The predicted molar refractivity (Wildman–Crippen MR) is 129 cm³/mol. The van der Waals surface area contributed by atoms with Crippen molar-refractivity contribution in [2.24, 2.45) is 0 Å². The Morgan fingerprint density at radius 1 is 1.22 bits per heavy atom. The summed E-state index contributed by atoms with van der Waals surface area (Å²) in [5.74, 6) is 0.687. The molecule has 0 spiro atoms. The van der Waals surface area contributed by atoms with Crippen LogP contribution in [0.4, 0.5) is 11.4 Å². The van der Waals surface area contributed by atoms with E-state index in [9.17, 15) is 13.2 Å². The second kappa shape index (κ2) is 8.68. The van der Waals surface area contributed by atoms with Gasteiger partial charge in [0.1, 0.15) is 10.6 Å². The summed E-state index contributed by atoms with van der Waals surface area (Å²) in [4.78, 5) is 15.9. The van der Waals surface area contributed by atoms with E-state index in [1.807, 2.05) is 6.07 Å². The number of likely N-dealkylation sites (N-methyl/N-ethyl adjacent to an activating group) is 1. The number of rotatable bonds is 5. The molecule has 1 amide bonds. The van der Waals surface area contributed by atoms with Gasteiger partial charge < -0.3 is 14.5 Å². The molecule has 0 saturated carbocycles. The second-order valence-corrected chi connectivity index (χ2v) is 11.1. The summed E-state index contributed by atoms with van der Waals surface area (Å²) in [6, 6.07) is 7.37. The number of hydrogen-bond acceptors (Lipinski definition) is 5. The van der Waals surface area contributed by atoms with E-state index in [2.05, 4.69) is 39.6 Å². The van der Waals surface area contributed by atoms with Gasteiger partial charge in [0.25, 0.3) is 10.0 Å². The lowest BCUT2D eigenvalue weighted by atomic mass is 9.86. The highest BCUT2D eigenvalue weighted by Crippen LogP contribution is 2.39. The van der Waals surface area contributed by atoms with Crippen LogP contribution in [0.2, 0.25) is 0 Å². The molecule has 32 heavy (non-hydrogen) atoms. The maximum atomic E-state index is 13.4. The molecule has 172 valence electrons. The number of anilines is 2. The lowest BCUT2D eigenvalue weighted by Gasteiger charge is -2.32. The first-order valence-corrected chi connectivity index (χ1v) is 12.9. The number of amides is 1. The summed E-state index contributed by atoms with van der Waals surface area (Å²) in [6.45, 7) is 2.06. The number of methoxy groups -OCH3 is 1. The molecule has 1 N–H and O–H groups in total. The van der Waals surface area contributed by atoms with E-state index in [-0.39, 0.29) is 10.8 Å². The molecule has 1 atom stereocenters. The standard InChI is InChI=1S/C23H28BrN3O4S/c1-14(28)27-10-9-15-11-19(24)23(13-21(15)27)32(29,30)25-20-7-8-22(31-4)18-12-16(26(2)3)5-6-17(18)20/h7-8,11,13,16,25H,5-6,9-10,12H2,1-4H3/t16-/m0/s1. The first-order chi connectivity index (χ1) is 15.1. The molecule has 0 bridgehead atoms. The van der Waals surface area contributed by atoms with Gasteiger partial charge in [-0.25, -0.2) is 8.42 Å². The molecule has 2 aliphatic rings. The molecule has 0 fully saturated rings. The van der Waals surface area contributed by atoms with Crippen molar-refractivity contribution in [3.8, 4) is 5.75 Å². The topological polar surface area (TPSA) is 79.0 Å². The van der Waals surface area contributed by atoms with Crippen LogP contribution in [0, 0.1) is 0 Å². The van der Waals surface area contributed by atoms with Gasteiger partial charge in [-0.3, -0.25) is 9.52 Å². The summed E-state index contributed by atoms with van der Waals surface area (Å²) in [7, 11) is 1.88. The third-order valence-electron chi connectivity index (χ3n) is 6.45. The lowest BCUT2D eigenvalue weighted by Crippen LogP contribution is -2.34. The van der Waals surface area contributed by atoms with Crippen molar-refractivity contribution in [3.05, 3.63) is 45.4 Å². The minimum atomic E-state index is -3.88. The van der Waals surface area contributed by atoms with Gasteiger partial charge in [0, 0.05) is 35.2 Å². The minimum absolute atomic E-state index is 0.0953. The summed E-state index contributed by atoms with van der Waals surface area (Å²) >= 11 is 3.43. The number of halogens is 1. The molecule has 0 radical (unpaired) electrons. The summed E-state index contributed by atoms with van der Waals surface area (Å²) in [5, 5.41) is 0. The minimum Gasteiger partial charge on any atom is -0.496 e. The third kappa shape index (κ3) is 4.13. The SMILES string of the molecule is COc1ccc(NS(=O)(=O)c2cc3c(cc2Br)CCN3C(C)=O)c2c1C[C@@H](N(C)C)CC2. The van der Waals surface area contributed by atoms with Gasteiger partial charge in [-0.1, -0.05) is 0 Å². The van der Waals surface area contributed by atoms with Crippen LogP contribution in [-0.2, 0) is 34.1 Å². The van der Waals surface area contributed by atoms with Crippen LogP contribution >= 0.6 is 15.9 Å². The number of ether oxygens (including phenoxy) is 1. The van der Waals surface area contributed by atoms with Crippen molar-refractivity contribution in [3.63, 3.8) is 0 Å². The normalized spacial score (nSPS) is 17.8. The molecular weight excluding hydrogens is 494 g/mol. The number of nitrogens with one attached hydrogen (secondary N) is 1. The Labute approximate surface area is 197 Å². The molecule has 1 heterocycles. The maximum absolute atomic E-state index is 13.4. The van der Waals surface area contributed by atoms with Gasteiger partial charge in [0.05, 0.1) is 12.8 Å². The molecule has 2 aromatic rings. The van der Waals surface area contributed by atoms with Crippen molar-refractivity contribution >= 4 is 43.2 Å².